The van der Waals surface area contributed by atoms with Crippen LogP contribution in [0, 0.1) is 18.7 Å². The molecular formula is C88H119FN20O23. The fraction of sp³-hybridized carbons (Fsp3) is 0.534. The number of nitrogens with zero attached hydrogens (tertiary/aromatic N) is 14. The second-order valence-electron chi connectivity index (χ2n) is 34.2. The first kappa shape index (κ1) is 104. The Balaban J connectivity index is 0.898. The minimum atomic E-state index is -2.15. The largest absolute Gasteiger partial charge is 0.458 e. The van der Waals surface area contributed by atoms with Gasteiger partial charge in [-0.3, -0.25) is 91.3 Å². The Labute approximate surface area is 762 Å². The number of nitrogens with two attached hydrogens (primary N) is 1. The standard InChI is InChI=1S/C88H119FN20O23/c1-17-88(130)60-33-65-81-58(38-109(65)84(126)59(60)49-131-85(88)127)79-62(27-26-57-51(4)61(89)34-64(93-81)78(57)79)95-87(129)132-48-53-24-25-55(92-82(124)63(22-21-30-91-86(90)128)94-83(125)80(50(2)3)96-66(112)23-19-18-20-31-108-67(113)28-29-68(108)114)32-54(53)35-97(6)36-56(111)37-99(8)70(116)40-101(10)72(118)42-103(12)74(120)44-105(14)76(122)46-107(16)77(123)47-106(15)75(121)45-104(13)73(119)43-102(11)71(117)41-100(9)69(115)39-98(7)52(5)110/h24-25,28-29,32-34,50,62-63,80,130H,17-23,26-27,30-31,35-49H2,1-16H3,(H,92,124)(H,94,125)(H,95,129)(H,96,112)(H3,90,91,128)/t62-,63-,80-,88-/m0/s1. The van der Waals surface area contributed by atoms with Crippen molar-refractivity contribution in [2.75, 3.05) is 168 Å². The van der Waals surface area contributed by atoms with E-state index in [0.29, 0.717) is 58.0 Å². The second kappa shape index (κ2) is 45.7. The van der Waals surface area contributed by atoms with Crippen molar-refractivity contribution in [3.8, 4) is 11.4 Å². The fourth-order valence-corrected chi connectivity index (χ4v) is 15.2. The summed E-state index contributed by atoms with van der Waals surface area (Å²) in [6.07, 6.45) is 3.16. The number of ketones is 1. The number of Topliss-reactive ketones (excluding diaryl/α,β-unsaturated/α-hetero) is 1. The molecule has 132 heavy (non-hydrogen) atoms. The third kappa shape index (κ3) is 26.6. The van der Waals surface area contributed by atoms with Gasteiger partial charge in [-0.2, -0.15) is 0 Å². The fourth-order valence-electron chi connectivity index (χ4n) is 15.2. The van der Waals surface area contributed by atoms with Crippen molar-refractivity contribution >= 4 is 129 Å². The van der Waals surface area contributed by atoms with Crippen molar-refractivity contribution in [2.24, 2.45) is 11.7 Å². The number of unbranched alkanes of at least 4 members (excludes halogenated alkanes) is 2. The van der Waals surface area contributed by atoms with Crippen LogP contribution in [0.25, 0.3) is 22.3 Å². The first-order valence-electron chi connectivity index (χ1n) is 43.0. The van der Waals surface area contributed by atoms with Crippen LogP contribution < -0.4 is 37.9 Å². The topological polar surface area (TPSA) is 523 Å². The summed E-state index contributed by atoms with van der Waals surface area (Å²) in [6, 6.07) is 3.27. The molecule has 4 aromatic rings. The number of amides is 18. The SMILES string of the molecule is CC[C@@]1(O)C(=O)OCc2c1cc1n(c2=O)Cc2c-1nc1cc(F)c(C)c3c1c2[C@@H](NC(=O)OCc1ccc(NC(=O)[C@H](CCCNC(N)=O)NC(=O)[C@@H](NC(=O)CCCCCN2C(=O)C=CC2=O)C(C)C)cc1CN(C)CC(=O)CN(C)C(=O)CN(C)C(=O)CN(C)C(=O)CN(C)C(=O)CN(C)C(=O)CN(C)C(=O)CN(C)C(=O)CN(C)C(=O)CN(C)C(=O)CN(C)C(C)=O)CC3. The summed E-state index contributed by atoms with van der Waals surface area (Å²) in [5.41, 5.74) is 6.46. The maximum Gasteiger partial charge on any atom is 0.407 e. The van der Waals surface area contributed by atoms with E-state index in [1.807, 2.05) is 0 Å². The molecule has 8 N–H and O–H groups in total. The van der Waals surface area contributed by atoms with E-state index < -0.39 is 220 Å². The van der Waals surface area contributed by atoms with Crippen molar-refractivity contribution in [2.45, 2.75) is 142 Å². The number of pyridine rings is 2. The lowest BCUT2D eigenvalue weighted by Crippen LogP contribution is -2.54. The molecule has 716 valence electrons. The van der Waals surface area contributed by atoms with Crippen molar-refractivity contribution in [3.05, 3.63) is 103 Å². The predicted octanol–water partition coefficient (Wildman–Crippen LogP) is -1.46. The minimum Gasteiger partial charge on any atom is -0.458 e. The predicted molar refractivity (Wildman–Crippen MR) is 472 cm³/mol. The Kier molecular flexibility index (Phi) is 35.9. The minimum absolute atomic E-state index is 0.000781. The summed E-state index contributed by atoms with van der Waals surface area (Å²) in [7, 11) is 14.8. The van der Waals surface area contributed by atoms with Crippen LogP contribution in [0.1, 0.15) is 130 Å². The van der Waals surface area contributed by atoms with Gasteiger partial charge in [0.1, 0.15) is 31.1 Å². The number of esters is 1. The summed E-state index contributed by atoms with van der Waals surface area (Å²) in [4.78, 5) is 282. The van der Waals surface area contributed by atoms with Gasteiger partial charge in [-0.25, -0.2) is 23.8 Å². The Bertz CT molecular complexity index is 5290. The summed E-state index contributed by atoms with van der Waals surface area (Å²) in [5.74, 6) is -11.5. The van der Waals surface area contributed by atoms with E-state index >= 15 is 4.39 Å². The van der Waals surface area contributed by atoms with Gasteiger partial charge in [0, 0.05) is 144 Å². The second-order valence-corrected chi connectivity index (χ2v) is 34.2. The van der Waals surface area contributed by atoms with Crippen molar-refractivity contribution in [1.29, 1.82) is 0 Å². The van der Waals surface area contributed by atoms with Crippen LogP contribution in [-0.2, 0) is 129 Å². The molecule has 0 bridgehead atoms. The number of nitrogens with one attached hydrogen (secondary N) is 5. The van der Waals surface area contributed by atoms with Crippen LogP contribution >= 0.6 is 0 Å². The van der Waals surface area contributed by atoms with Crippen LogP contribution in [0.15, 0.2) is 47.3 Å². The molecule has 44 heteroatoms. The molecule has 0 unspecified atom stereocenters. The number of primary amides is 1. The number of ether oxygens (including phenoxy) is 2. The van der Waals surface area contributed by atoms with Crippen molar-refractivity contribution in [3.63, 3.8) is 0 Å². The smallest absolute Gasteiger partial charge is 0.407 e. The van der Waals surface area contributed by atoms with E-state index in [-0.39, 0.29) is 117 Å². The third-order valence-corrected chi connectivity index (χ3v) is 23.6. The highest BCUT2D eigenvalue weighted by atomic mass is 19.1. The van der Waals surface area contributed by atoms with Gasteiger partial charge in [0.05, 0.1) is 107 Å². The summed E-state index contributed by atoms with van der Waals surface area (Å²) >= 11 is 0. The summed E-state index contributed by atoms with van der Waals surface area (Å²) < 4.78 is 28.6. The number of urea groups is 1. The molecule has 0 fully saturated rings. The van der Waals surface area contributed by atoms with Crippen LogP contribution in [-0.4, -0.2) is 361 Å². The monoisotopic (exact) mass is 1840 g/mol. The van der Waals surface area contributed by atoms with Gasteiger partial charge in [-0.15, -0.1) is 0 Å². The zero-order valence-electron chi connectivity index (χ0n) is 77.4. The third-order valence-electron chi connectivity index (χ3n) is 23.6. The first-order chi connectivity index (χ1) is 62.0. The first-order valence-corrected chi connectivity index (χ1v) is 43.0. The van der Waals surface area contributed by atoms with Gasteiger partial charge in [-0.05, 0) is 111 Å². The molecule has 0 spiro atoms. The van der Waals surface area contributed by atoms with Gasteiger partial charge in [0.2, 0.25) is 76.8 Å². The van der Waals surface area contributed by atoms with Crippen LogP contribution in [0.3, 0.4) is 0 Å². The molecule has 18 amide bonds. The number of imide groups is 1. The van der Waals surface area contributed by atoms with E-state index in [2.05, 4.69) is 26.6 Å². The number of aromatic nitrogens is 2. The number of cyclic esters (lactones) is 1. The number of aryl methyl sites for hydroxylation is 1. The van der Waals surface area contributed by atoms with E-state index in [4.69, 9.17) is 20.2 Å². The number of carbonyl (C=O) groups excluding carboxylic acids is 19. The Hall–Kier alpha value is -13.7. The lowest BCUT2D eigenvalue weighted by atomic mass is 9.81. The molecule has 4 atom stereocenters. The highest BCUT2D eigenvalue weighted by Crippen LogP contribution is 2.46. The Morgan fingerprint density at radius 1 is 0.621 bits per heavy atom. The molecule has 0 saturated heterocycles. The summed E-state index contributed by atoms with van der Waals surface area (Å²) in [6.45, 7) is 1.91. The molecule has 0 saturated carbocycles. The van der Waals surface area contributed by atoms with Crippen molar-refractivity contribution in [1.82, 2.24) is 89.6 Å². The Morgan fingerprint density at radius 3 is 1.62 bits per heavy atom. The van der Waals surface area contributed by atoms with E-state index in [1.54, 1.807) is 51.8 Å². The van der Waals surface area contributed by atoms with Gasteiger partial charge in [0.15, 0.2) is 11.4 Å². The molecule has 0 radical (unpaired) electrons. The zero-order chi connectivity index (χ0) is 97.9. The number of halogens is 1. The number of rotatable bonds is 44. The van der Waals surface area contributed by atoms with Crippen LogP contribution in [0.2, 0.25) is 0 Å². The van der Waals surface area contributed by atoms with E-state index in [1.165, 1.54) is 117 Å². The number of carbonyl (C=O) groups is 19. The van der Waals surface area contributed by atoms with E-state index in [9.17, 15) is 101 Å². The highest BCUT2D eigenvalue weighted by molar-refractivity contribution is 6.13. The quantitative estimate of drug-likeness (QED) is 0.0133. The summed E-state index contributed by atoms with van der Waals surface area (Å²) in [5, 5.41) is 26.0. The van der Waals surface area contributed by atoms with Gasteiger partial charge < -0.3 is 100 Å². The van der Waals surface area contributed by atoms with Gasteiger partial charge in [0.25, 0.3) is 17.4 Å². The lowest BCUT2D eigenvalue weighted by molar-refractivity contribution is -0.172. The molecule has 43 nitrogen and oxygen atoms in total. The number of aliphatic hydroxyl groups is 1. The average molecular weight is 1840 g/mol. The van der Waals surface area contributed by atoms with Crippen LogP contribution in [0.4, 0.5) is 19.7 Å². The number of fused-ring (bicyclic) bond motifs is 5. The molecule has 1 aliphatic carbocycles. The number of hydrogen-bond donors (Lipinski definition) is 7. The molecular weight excluding hydrogens is 1720 g/mol. The number of likely N-dealkylation sites (N-methyl/N-ethyl adjacent to an activating group) is 11. The molecule has 2 aromatic heterocycles. The normalized spacial score (nSPS) is 14.9. The average Bonchev–Trinajstić information content (AvgIpc) is 1.56. The van der Waals surface area contributed by atoms with Crippen molar-refractivity contribution < 1.29 is 110 Å². The Morgan fingerprint density at radius 2 is 1.13 bits per heavy atom. The number of alkyl carbamates (subject to hydrolysis) is 1. The highest BCUT2D eigenvalue weighted by Gasteiger charge is 2.47. The molecule has 5 heterocycles. The van der Waals surface area contributed by atoms with Gasteiger partial charge in [-0.1, -0.05) is 33.3 Å². The molecule has 4 aliphatic rings. The zero-order valence-corrected chi connectivity index (χ0v) is 77.4. The number of benzene rings is 2. The van der Waals surface area contributed by atoms with Crippen LogP contribution in [0.5, 0.6) is 0 Å². The lowest BCUT2D eigenvalue weighted by Gasteiger charge is -2.31. The van der Waals surface area contributed by atoms with E-state index in [0.717, 1.165) is 49.0 Å². The maximum atomic E-state index is 15.9. The number of hydrogen-bond acceptors (Lipinski definition) is 25. The molecule has 8 rings (SSSR count). The maximum absolute atomic E-state index is 15.9. The molecule has 3 aliphatic heterocycles. The number of anilines is 1. The molecule has 2 aromatic carbocycles. The van der Waals surface area contributed by atoms with Gasteiger partial charge >= 0.3 is 18.1 Å².